The first-order chi connectivity index (χ1) is 59.9. The van der Waals surface area contributed by atoms with E-state index in [1.807, 2.05) is 93.5 Å². The first kappa shape index (κ1) is 104. The van der Waals surface area contributed by atoms with Gasteiger partial charge in [-0.3, -0.25) is 24.0 Å². The number of phenolic OH excluding ortho intramolecular Hbond substituents is 1. The number of hydrogen-bond donors (Lipinski definition) is 3. The van der Waals surface area contributed by atoms with E-state index in [4.69, 9.17) is 33.9 Å². The average molecular weight is 1850 g/mol. The van der Waals surface area contributed by atoms with Gasteiger partial charge in [0, 0.05) is 18.3 Å². The largest absolute Gasteiger partial charge is 0.743 e. The van der Waals surface area contributed by atoms with E-state index in [-0.39, 0.29) is 89.0 Å². The number of carbonyl (C=O) groups is 5. The molecule has 17 rings (SSSR count). The third-order valence-corrected chi connectivity index (χ3v) is 32.4. The maximum Gasteiger partial charge on any atom is 0.450 e. The second kappa shape index (κ2) is 42.7. The van der Waals surface area contributed by atoms with Crippen LogP contribution in [0.3, 0.4) is 0 Å². The van der Waals surface area contributed by atoms with Gasteiger partial charge in [0.05, 0.1) is 50.7 Å². The highest BCUT2D eigenvalue weighted by Crippen LogP contribution is 2.62. The Kier molecular flexibility index (Phi) is 34.6. The Hall–Kier alpha value is -8.02. The molecule has 0 spiro atoms. The van der Waals surface area contributed by atoms with E-state index >= 15 is 0 Å². The summed E-state index contributed by atoms with van der Waals surface area (Å²) in [5, 5.41) is 14.4. The van der Waals surface area contributed by atoms with Crippen LogP contribution in [-0.4, -0.2) is 120 Å². The van der Waals surface area contributed by atoms with Gasteiger partial charge < -0.3 is 47.7 Å². The number of carbonyl (C=O) groups excluding carboxylic acids is 5. The maximum absolute atomic E-state index is 13.6. The molecule has 1 saturated heterocycles. The van der Waals surface area contributed by atoms with E-state index in [1.165, 1.54) is 63.6 Å². The van der Waals surface area contributed by atoms with Gasteiger partial charge in [-0.1, -0.05) is 153 Å². The molecule has 706 valence electrons. The first-order valence-electron chi connectivity index (χ1n) is 45.2. The molecule has 6 aromatic carbocycles. The van der Waals surface area contributed by atoms with Crippen LogP contribution in [0, 0.1) is 69.0 Å². The van der Waals surface area contributed by atoms with Gasteiger partial charge in [-0.2, -0.15) is 34.8 Å². The zero-order valence-corrected chi connectivity index (χ0v) is 79.0. The summed E-state index contributed by atoms with van der Waals surface area (Å²) in [6, 6.07) is 51.8. The third-order valence-electron chi connectivity index (χ3n) is 28.0. The van der Waals surface area contributed by atoms with Crippen molar-refractivity contribution in [2.45, 2.75) is 305 Å². The van der Waals surface area contributed by atoms with E-state index in [9.17, 15) is 76.8 Å². The van der Waals surface area contributed by atoms with Gasteiger partial charge in [0.25, 0.3) is 0 Å². The third kappa shape index (κ3) is 24.6. The molecule has 10 bridgehead atoms. The summed E-state index contributed by atoms with van der Waals surface area (Å²) in [5.74, 6) is -2.19. The number of alkyl halides is 6. The molecule has 10 atom stereocenters. The zero-order chi connectivity index (χ0) is 94.6. The van der Waals surface area contributed by atoms with Gasteiger partial charge in [0.2, 0.25) is 0 Å². The van der Waals surface area contributed by atoms with Gasteiger partial charge >= 0.3 is 56.4 Å². The minimum Gasteiger partial charge on any atom is -0.743 e. The zero-order valence-electron chi connectivity index (χ0n) is 76.5. The van der Waals surface area contributed by atoms with Gasteiger partial charge in [0.1, 0.15) is 41.7 Å². The Morgan fingerprint density at radius 2 is 0.922 bits per heavy atom. The molecule has 1 heterocycles. The number of esters is 5. The van der Waals surface area contributed by atoms with Crippen molar-refractivity contribution >= 4 is 61.0 Å². The van der Waals surface area contributed by atoms with Crippen molar-refractivity contribution < 1.29 is 115 Å². The molecule has 10 saturated carbocycles. The van der Waals surface area contributed by atoms with Crippen molar-refractivity contribution in [1.29, 1.82) is 0 Å². The summed E-state index contributed by atoms with van der Waals surface area (Å²) in [4.78, 5) is 64.2. The van der Waals surface area contributed by atoms with Gasteiger partial charge in [-0.25, -0.2) is 8.42 Å². The van der Waals surface area contributed by atoms with E-state index in [2.05, 4.69) is 135 Å². The molecular formula is C100H132F6O19S3. The van der Waals surface area contributed by atoms with Crippen molar-refractivity contribution in [2.75, 3.05) is 13.2 Å². The highest BCUT2D eigenvalue weighted by Gasteiger charge is 2.81. The highest BCUT2D eigenvalue weighted by atomic mass is 32.2. The lowest BCUT2D eigenvalue weighted by molar-refractivity contribution is -0.247. The molecule has 3 N–H and O–H groups in total. The number of rotatable bonds is 27. The number of benzene rings is 6. The average Bonchev–Trinajstić information content (AvgIpc) is 0.997. The summed E-state index contributed by atoms with van der Waals surface area (Å²) in [6.45, 7) is 29.6. The van der Waals surface area contributed by atoms with Crippen LogP contribution in [-0.2, 0) is 74.1 Å². The highest BCUT2D eigenvalue weighted by molar-refractivity contribution is 7.97. The smallest absolute Gasteiger partial charge is 0.450 e. The second-order valence-corrected chi connectivity index (χ2v) is 43.7. The van der Waals surface area contributed by atoms with E-state index < -0.39 is 64.3 Å². The predicted molar refractivity (Wildman–Crippen MR) is 477 cm³/mol. The molecule has 10 aliphatic carbocycles. The fraction of sp³-hybridized carbons (Fsp3) is 0.590. The van der Waals surface area contributed by atoms with Crippen molar-refractivity contribution in [3.05, 3.63) is 180 Å². The van der Waals surface area contributed by atoms with Gasteiger partial charge in [-0.15, -0.1) is 0 Å². The lowest BCUT2D eigenvalue weighted by Gasteiger charge is -2.59. The van der Waals surface area contributed by atoms with E-state index in [0.29, 0.717) is 59.7 Å². The quantitative estimate of drug-likeness (QED) is 0.00821. The van der Waals surface area contributed by atoms with Crippen molar-refractivity contribution in [2.24, 2.45) is 69.0 Å². The molecule has 28 heteroatoms. The Bertz CT molecular complexity index is 4740. The van der Waals surface area contributed by atoms with Crippen LogP contribution in [0.5, 0.6) is 17.2 Å². The number of aliphatic hydroxyl groups is 2. The van der Waals surface area contributed by atoms with Crippen molar-refractivity contribution in [3.63, 3.8) is 0 Å². The summed E-state index contributed by atoms with van der Waals surface area (Å²) in [7, 11) is -14.2. The van der Waals surface area contributed by atoms with E-state index in [1.54, 1.807) is 19.1 Å². The summed E-state index contributed by atoms with van der Waals surface area (Å²) in [5.41, 5.74) is 0.869. The Morgan fingerprint density at radius 3 is 1.32 bits per heavy atom. The molecular weight excluding hydrogens is 1720 g/mol. The number of ether oxygens (including phenoxy) is 5. The van der Waals surface area contributed by atoms with Crippen LogP contribution in [0.2, 0.25) is 0 Å². The lowest BCUT2D eigenvalue weighted by atomic mass is 9.49. The molecule has 11 fully saturated rings. The molecule has 0 radical (unpaired) electrons. The van der Waals surface area contributed by atoms with Crippen LogP contribution < -0.4 is 8.92 Å². The van der Waals surface area contributed by atoms with Crippen LogP contribution >= 0.6 is 0 Å². The number of phenols is 1. The van der Waals surface area contributed by atoms with Crippen molar-refractivity contribution in [3.8, 4) is 17.2 Å². The summed E-state index contributed by atoms with van der Waals surface area (Å²) < 4.78 is 165. The Balaban J connectivity index is 0.000000172. The van der Waals surface area contributed by atoms with Gasteiger partial charge in [-0.05, 0) is 300 Å². The number of aromatic hydroxyl groups is 1. The molecule has 19 nitrogen and oxygen atoms in total. The standard InChI is InChI=1S/C21H28O2.C18H15S.C16H26O3.C14H20O4.C13H14F6O6S2.C10H14O.C8H16O3/c1-3-14(2)18-4-6-19(7-5-18)23-20(22)21-11-15-8-16(12-21)10-17(9-15)13-21;1-4-10-16(11-5-1)19(17-12-6-2-7-13-17)18-14-8-3-9-15-18;1-4-14(2,3)13(17)19-16-8-11-5-12(9-16)7-15(18,6-11)10-16;1-4-14(2,3)13(16)18-10-7-5-8-9(6-7)12(15)17-11(8)10;1-3-8(2)9-4-6-10(7-5-9)25-27(23,24)13(18,19)11(14,15)12(16,17)26(20,21)22;1-3-8(2)9-4-6-10(11)7-5-9;1-4-8(2,3)7(10)11-6-5-9/h4-7,14-17H,3,8-13H2,1-2H3;1-15H;11-12,18H,4-10H2,1-3H3;7-11H,4-6H2,1-3H3;4-8H,3H2,1-2H3,(H,20,21,22);4-8,11H,3H2,1-2H3;9H,4-6H2,1-3H3/q;+1;;;;;/p-1. The molecule has 11 aliphatic rings. The number of fused-ring (bicyclic) bond motifs is 1. The molecule has 1 aliphatic heterocycles. The normalized spacial score (nSPS) is 25.7. The summed E-state index contributed by atoms with van der Waals surface area (Å²) >= 11 is 0. The van der Waals surface area contributed by atoms with E-state index in [0.717, 1.165) is 126 Å². The maximum atomic E-state index is 13.6. The molecule has 10 unspecified atom stereocenters. The Morgan fingerprint density at radius 1 is 0.523 bits per heavy atom. The lowest BCUT2D eigenvalue weighted by Crippen LogP contribution is -2.61. The summed E-state index contributed by atoms with van der Waals surface area (Å²) in [6.07, 6.45) is 19.6. The van der Waals surface area contributed by atoms with Gasteiger partial charge in [0.15, 0.2) is 24.8 Å². The fourth-order valence-electron chi connectivity index (χ4n) is 19.2. The Labute approximate surface area is 755 Å². The number of aliphatic hydroxyl groups excluding tert-OH is 1. The number of hydrogen-bond acceptors (Lipinski definition) is 19. The number of halogens is 6. The molecule has 0 amide bonds. The fourth-order valence-corrected chi connectivity index (χ4v) is 22.8. The monoisotopic (exact) mass is 1850 g/mol. The molecule has 0 aromatic heterocycles. The minimum atomic E-state index is -7.33. The first-order valence-corrected chi connectivity index (χ1v) is 49.3. The minimum absolute atomic E-state index is 0.0146. The van der Waals surface area contributed by atoms with Crippen LogP contribution in [0.15, 0.2) is 178 Å². The topological polar surface area (TPSA) is 293 Å². The molecule has 6 aromatic rings. The SMILES string of the molecule is CCC(C)(C)C(=O)OC12CC3CC(CC(O)(C3)C1)C2.CCC(C)(C)C(=O)OC1C2CC3C(=O)OC1C3C2.CCC(C)(C)C(=O)OCCO.CCC(C)c1ccc(O)cc1.CCC(C)c1ccc(OC(=O)C23CC4CC(CC(C4)C2)C3)cc1.CCC(C)c1ccc(OS(=O)(=O)C(F)(F)C(F)(F)C(F)(F)S(=O)(=O)[O-])cc1.c1ccc([S+](c2ccccc2)c2ccccc2)cc1. The van der Waals surface area contributed by atoms with Crippen molar-refractivity contribution in [1.82, 2.24) is 0 Å². The predicted octanol–water partition coefficient (Wildman–Crippen LogP) is 22.2. The van der Waals surface area contributed by atoms with Crippen LogP contribution in [0.25, 0.3) is 0 Å². The second-order valence-electron chi connectivity index (χ2n) is 38.7. The van der Waals surface area contributed by atoms with Crippen LogP contribution in [0.4, 0.5) is 26.3 Å². The van der Waals surface area contributed by atoms with Crippen LogP contribution in [0.1, 0.15) is 267 Å². The molecule has 128 heavy (non-hydrogen) atoms.